The fourth-order valence-electron chi connectivity index (χ4n) is 2.19. The summed E-state index contributed by atoms with van der Waals surface area (Å²) >= 11 is 0. The first-order valence-electron chi connectivity index (χ1n) is 6.56. The first-order chi connectivity index (χ1) is 9.34. The number of benzene rings is 1. The highest BCUT2D eigenvalue weighted by atomic mass is 16.8. The van der Waals surface area contributed by atoms with Gasteiger partial charge in [-0.15, -0.1) is 0 Å². The second-order valence-corrected chi connectivity index (χ2v) is 5.97. The Morgan fingerprint density at radius 1 is 1.10 bits per heavy atom. The summed E-state index contributed by atoms with van der Waals surface area (Å²) < 4.78 is 23.2. The van der Waals surface area contributed by atoms with E-state index >= 15 is 0 Å². The molecule has 6 heteroatoms. The van der Waals surface area contributed by atoms with Gasteiger partial charge in [-0.25, -0.2) is 0 Å². The maximum atomic E-state index is 9.07. The van der Waals surface area contributed by atoms with E-state index in [9.17, 15) is 0 Å². The lowest BCUT2D eigenvalue weighted by Gasteiger charge is -2.32. The van der Waals surface area contributed by atoms with Crippen LogP contribution in [-0.2, 0) is 9.31 Å². The second-order valence-electron chi connectivity index (χ2n) is 5.97. The lowest BCUT2D eigenvalue weighted by atomic mass is 9.89. The number of ether oxygens (including phenoxy) is 2. The molecular formula is C14H16BNO4. The van der Waals surface area contributed by atoms with Crippen LogP contribution >= 0.6 is 0 Å². The first-order valence-corrected chi connectivity index (χ1v) is 6.56. The highest BCUT2D eigenvalue weighted by Gasteiger charge is 2.57. The Labute approximate surface area is 118 Å². The van der Waals surface area contributed by atoms with Crippen molar-refractivity contribution in [2.75, 3.05) is 0 Å². The zero-order valence-corrected chi connectivity index (χ0v) is 12.0. The number of nitrogens with zero attached hydrogens (tertiary/aromatic N) is 1. The number of rotatable bonds is 1. The fourth-order valence-corrected chi connectivity index (χ4v) is 2.19. The van der Waals surface area contributed by atoms with Crippen LogP contribution in [0.3, 0.4) is 0 Å². The summed E-state index contributed by atoms with van der Waals surface area (Å²) in [5.74, 6) is 0.999. The van der Waals surface area contributed by atoms with E-state index < -0.39 is 24.5 Å². The molecule has 1 fully saturated rings. The quantitative estimate of drug-likeness (QED) is 0.734. The number of hydrogen-bond acceptors (Lipinski definition) is 5. The third kappa shape index (κ3) is 1.86. The highest BCUT2D eigenvalue weighted by Crippen LogP contribution is 2.43. The summed E-state index contributed by atoms with van der Waals surface area (Å²) in [5.41, 5.74) is -0.449. The van der Waals surface area contributed by atoms with E-state index in [1.54, 1.807) is 18.2 Å². The summed E-state index contributed by atoms with van der Waals surface area (Å²) in [6.07, 6.45) is -0.694. The van der Waals surface area contributed by atoms with Gasteiger partial charge in [-0.05, 0) is 39.8 Å². The zero-order valence-electron chi connectivity index (χ0n) is 12.0. The van der Waals surface area contributed by atoms with Crippen LogP contribution in [0, 0.1) is 11.3 Å². The summed E-state index contributed by atoms with van der Waals surface area (Å²) in [7, 11) is -0.626. The molecule has 104 valence electrons. The van der Waals surface area contributed by atoms with E-state index in [-0.39, 0.29) is 0 Å². The molecule has 1 unspecified atom stereocenters. The van der Waals surface area contributed by atoms with Crippen LogP contribution in [-0.4, -0.2) is 24.5 Å². The Kier molecular flexibility index (Phi) is 2.75. The monoisotopic (exact) mass is 273 g/mol. The predicted octanol–water partition coefficient (Wildman–Crippen LogP) is 2.29. The SMILES string of the molecule is CC1(C)OB(C2Oc3cccc(C#N)c3O2)OC1(C)C. The third-order valence-electron chi connectivity index (χ3n) is 4.07. The highest BCUT2D eigenvalue weighted by molar-refractivity contribution is 6.46. The van der Waals surface area contributed by atoms with Gasteiger partial charge in [-0.2, -0.15) is 5.26 Å². The molecule has 1 aromatic rings. The molecule has 0 bridgehead atoms. The van der Waals surface area contributed by atoms with Gasteiger partial charge < -0.3 is 18.8 Å². The number of fused-ring (bicyclic) bond motifs is 1. The van der Waals surface area contributed by atoms with E-state index in [0.717, 1.165) is 0 Å². The maximum absolute atomic E-state index is 9.07. The van der Waals surface area contributed by atoms with E-state index in [0.29, 0.717) is 17.1 Å². The van der Waals surface area contributed by atoms with Crippen molar-refractivity contribution >= 4 is 7.12 Å². The average Bonchev–Trinajstić information content (AvgIpc) is 2.88. The Morgan fingerprint density at radius 2 is 1.75 bits per heavy atom. The van der Waals surface area contributed by atoms with Gasteiger partial charge in [0.1, 0.15) is 6.07 Å². The van der Waals surface area contributed by atoms with Crippen LogP contribution < -0.4 is 9.47 Å². The van der Waals surface area contributed by atoms with Crippen molar-refractivity contribution in [2.24, 2.45) is 0 Å². The second kappa shape index (κ2) is 4.14. The normalized spacial score (nSPS) is 25.6. The summed E-state index contributed by atoms with van der Waals surface area (Å²) in [6, 6.07) is 7.30. The van der Waals surface area contributed by atoms with Crippen molar-refractivity contribution in [1.82, 2.24) is 0 Å². The van der Waals surface area contributed by atoms with E-state index in [1.807, 2.05) is 27.7 Å². The third-order valence-corrected chi connectivity index (χ3v) is 4.07. The molecule has 0 radical (unpaired) electrons. The number of para-hydroxylation sites is 1. The largest absolute Gasteiger partial charge is 0.549 e. The molecule has 1 atom stereocenters. The minimum atomic E-state index is -0.694. The summed E-state index contributed by atoms with van der Waals surface area (Å²) in [5, 5.41) is 9.07. The van der Waals surface area contributed by atoms with Crippen molar-refractivity contribution in [3.63, 3.8) is 0 Å². The lowest BCUT2D eigenvalue weighted by Crippen LogP contribution is -2.41. The van der Waals surface area contributed by atoms with Gasteiger partial charge in [0.15, 0.2) is 11.5 Å². The Bertz CT molecular complexity index is 577. The van der Waals surface area contributed by atoms with Gasteiger partial charge in [-0.3, -0.25) is 0 Å². The first kappa shape index (κ1) is 13.3. The van der Waals surface area contributed by atoms with E-state index in [4.69, 9.17) is 24.0 Å². The molecule has 0 spiro atoms. The van der Waals surface area contributed by atoms with Crippen LogP contribution in [0.1, 0.15) is 33.3 Å². The zero-order chi connectivity index (χ0) is 14.5. The molecular weight excluding hydrogens is 257 g/mol. The molecule has 1 saturated heterocycles. The van der Waals surface area contributed by atoms with Crippen molar-refractivity contribution in [1.29, 1.82) is 5.26 Å². The smallest absolute Gasteiger partial charge is 0.452 e. The van der Waals surface area contributed by atoms with Crippen LogP contribution in [0.4, 0.5) is 0 Å². The summed E-state index contributed by atoms with van der Waals surface area (Å²) in [4.78, 5) is 0. The molecule has 2 aliphatic heterocycles. The molecule has 2 heterocycles. The van der Waals surface area contributed by atoms with Crippen LogP contribution in [0.2, 0.25) is 0 Å². The molecule has 3 rings (SSSR count). The van der Waals surface area contributed by atoms with Crippen molar-refractivity contribution in [2.45, 2.75) is 45.1 Å². The predicted molar refractivity (Wildman–Crippen MR) is 72.3 cm³/mol. The van der Waals surface area contributed by atoms with Crippen molar-refractivity contribution in [3.8, 4) is 17.6 Å². The standard InChI is InChI=1S/C14H16BNO4/c1-13(2)14(3,4)20-15(19-13)12-17-10-7-5-6-9(8-16)11(10)18-12/h5-7,12H,1-4H3. The van der Waals surface area contributed by atoms with Crippen LogP contribution in [0.15, 0.2) is 18.2 Å². The molecule has 0 amide bonds. The topological polar surface area (TPSA) is 60.7 Å². The van der Waals surface area contributed by atoms with Gasteiger partial charge >= 0.3 is 7.12 Å². The molecule has 0 aromatic heterocycles. The molecule has 20 heavy (non-hydrogen) atoms. The Balaban J connectivity index is 1.83. The average molecular weight is 273 g/mol. The van der Waals surface area contributed by atoms with Gasteiger partial charge in [0.2, 0.25) is 0 Å². The van der Waals surface area contributed by atoms with Crippen LogP contribution in [0.25, 0.3) is 0 Å². The summed E-state index contributed by atoms with van der Waals surface area (Å²) in [6.45, 7) is 7.87. The minimum Gasteiger partial charge on any atom is -0.452 e. The Hall–Kier alpha value is -1.71. The number of nitriles is 1. The maximum Gasteiger partial charge on any atom is 0.549 e. The van der Waals surface area contributed by atoms with E-state index in [2.05, 4.69) is 6.07 Å². The molecule has 1 aromatic carbocycles. The Morgan fingerprint density at radius 3 is 2.35 bits per heavy atom. The van der Waals surface area contributed by atoms with Crippen LogP contribution in [0.5, 0.6) is 11.5 Å². The fraction of sp³-hybridized carbons (Fsp3) is 0.500. The lowest BCUT2D eigenvalue weighted by molar-refractivity contribution is 0.00578. The molecule has 5 nitrogen and oxygen atoms in total. The van der Waals surface area contributed by atoms with Crippen molar-refractivity contribution in [3.05, 3.63) is 23.8 Å². The molecule has 0 N–H and O–H groups in total. The molecule has 0 aliphatic carbocycles. The molecule has 0 saturated carbocycles. The van der Waals surface area contributed by atoms with Crippen molar-refractivity contribution < 1.29 is 18.8 Å². The van der Waals surface area contributed by atoms with E-state index in [1.165, 1.54) is 0 Å². The van der Waals surface area contributed by atoms with Gasteiger partial charge in [0.05, 0.1) is 16.8 Å². The molecule has 2 aliphatic rings. The van der Waals surface area contributed by atoms with Gasteiger partial charge in [0, 0.05) is 0 Å². The van der Waals surface area contributed by atoms with Gasteiger partial charge in [-0.1, -0.05) is 6.07 Å². The number of hydrogen-bond donors (Lipinski definition) is 0. The van der Waals surface area contributed by atoms with Gasteiger partial charge in [0.25, 0.3) is 6.19 Å². The minimum absolute atomic E-state index is 0.446.